The summed E-state index contributed by atoms with van der Waals surface area (Å²) in [6, 6.07) is 3.02. The Labute approximate surface area is 186 Å². The lowest BCUT2D eigenvalue weighted by Gasteiger charge is -2.32. The molecule has 3 atom stereocenters. The molecule has 1 aliphatic rings. The Kier molecular flexibility index (Phi) is 6.51. The third-order valence-electron chi connectivity index (χ3n) is 5.16. The number of esters is 3. The van der Waals surface area contributed by atoms with Gasteiger partial charge in [0.1, 0.15) is 16.7 Å². The van der Waals surface area contributed by atoms with Crippen molar-refractivity contribution in [2.75, 3.05) is 14.2 Å². The highest BCUT2D eigenvalue weighted by Gasteiger charge is 2.52. The van der Waals surface area contributed by atoms with Gasteiger partial charge in [0.25, 0.3) is 0 Å². The number of methoxy groups -OCH3 is 2. The molecule has 0 radical (unpaired) electrons. The van der Waals surface area contributed by atoms with Gasteiger partial charge in [-0.1, -0.05) is 11.8 Å². The first-order valence-corrected chi connectivity index (χ1v) is 10.4. The summed E-state index contributed by atoms with van der Waals surface area (Å²) in [5.41, 5.74) is -1.83. The Hall–Kier alpha value is -3.05. The number of rotatable bonds is 6. The second kappa shape index (κ2) is 8.83. The third kappa shape index (κ3) is 4.17. The van der Waals surface area contributed by atoms with Gasteiger partial charge in [-0.3, -0.25) is 9.59 Å². The van der Waals surface area contributed by atoms with E-state index in [1.54, 1.807) is 13.0 Å². The monoisotopic (exact) mass is 466 g/mol. The molecule has 10 nitrogen and oxygen atoms in total. The van der Waals surface area contributed by atoms with Gasteiger partial charge in [-0.2, -0.15) is 0 Å². The molecule has 1 aliphatic heterocycles. The maximum absolute atomic E-state index is 13.0. The van der Waals surface area contributed by atoms with Crippen molar-refractivity contribution in [3.8, 4) is 5.75 Å². The van der Waals surface area contributed by atoms with Crippen molar-refractivity contribution in [3.63, 3.8) is 0 Å². The van der Waals surface area contributed by atoms with E-state index in [1.165, 1.54) is 6.07 Å². The van der Waals surface area contributed by atoms with Crippen LogP contribution in [0, 0.1) is 6.92 Å². The molecule has 2 heterocycles. The normalized spacial score (nSPS) is 17.8. The average molecular weight is 466 g/mol. The van der Waals surface area contributed by atoms with E-state index in [2.05, 4.69) is 4.74 Å². The molecule has 1 aromatic carbocycles. The van der Waals surface area contributed by atoms with Crippen molar-refractivity contribution in [1.82, 2.24) is 0 Å². The second-order valence-corrected chi connectivity index (χ2v) is 8.58. The molecule has 2 N–H and O–H groups in total. The highest BCUT2D eigenvalue weighted by molar-refractivity contribution is 8.00. The lowest BCUT2D eigenvalue weighted by molar-refractivity contribution is -0.177. The molecule has 32 heavy (non-hydrogen) atoms. The minimum absolute atomic E-state index is 0.00967. The van der Waals surface area contributed by atoms with Crippen LogP contribution in [0.3, 0.4) is 0 Å². The minimum atomic E-state index is -2.33. The van der Waals surface area contributed by atoms with E-state index in [0.29, 0.717) is 5.56 Å². The maximum atomic E-state index is 13.0. The summed E-state index contributed by atoms with van der Waals surface area (Å²) in [7, 11) is 2.12. The highest BCUT2D eigenvalue weighted by atomic mass is 32.2. The van der Waals surface area contributed by atoms with Crippen LogP contribution in [0.5, 0.6) is 5.75 Å². The smallest absolute Gasteiger partial charge is 0.347 e. The van der Waals surface area contributed by atoms with Crippen LogP contribution in [-0.2, 0) is 35.0 Å². The topological polar surface area (TPSA) is 150 Å². The van der Waals surface area contributed by atoms with Crippen LogP contribution in [0.15, 0.2) is 26.4 Å². The molecule has 0 fully saturated rings. The zero-order chi connectivity index (χ0) is 23.8. The summed E-state index contributed by atoms with van der Waals surface area (Å²) >= 11 is 0.916. The molecule has 0 unspecified atom stereocenters. The summed E-state index contributed by atoms with van der Waals surface area (Å²) < 4.78 is 20.1. The van der Waals surface area contributed by atoms with Crippen molar-refractivity contribution < 1.29 is 43.2 Å². The number of phenolic OH excluding ortho intramolecular Hbond substituents is 1. The van der Waals surface area contributed by atoms with E-state index in [-0.39, 0.29) is 33.8 Å². The Morgan fingerprint density at radius 3 is 2.56 bits per heavy atom. The first kappa shape index (κ1) is 23.6. The third-order valence-corrected chi connectivity index (χ3v) is 6.54. The van der Waals surface area contributed by atoms with Gasteiger partial charge in [-0.25, -0.2) is 9.59 Å². The van der Waals surface area contributed by atoms with Gasteiger partial charge in [0.2, 0.25) is 11.5 Å². The number of hydrogen-bond acceptors (Lipinski definition) is 11. The van der Waals surface area contributed by atoms with Crippen LogP contribution < -0.4 is 5.43 Å². The molecule has 0 aliphatic carbocycles. The van der Waals surface area contributed by atoms with Crippen LogP contribution >= 0.6 is 11.8 Å². The maximum Gasteiger partial charge on any atom is 0.347 e. The molecule has 1 aromatic heterocycles. The fourth-order valence-corrected chi connectivity index (χ4v) is 5.00. The fraction of sp³-hybridized carbons (Fsp3) is 0.429. The Morgan fingerprint density at radius 2 is 1.97 bits per heavy atom. The standard InChI is InChI=1S/C21H22O10S/c1-9-5-12(23)16-13(6-9)31-19-11(17(16)24)7-15(32-19)21(27,20(26)29-4)8-14(18(25)28-3)30-10(2)22/h5-6,14-15,23,27H,7-8H2,1-4H3/t14-,15+,21+/m1/s1. The Balaban J connectivity index is 2.04. The highest BCUT2D eigenvalue weighted by Crippen LogP contribution is 2.44. The van der Waals surface area contributed by atoms with E-state index in [1.807, 2.05) is 0 Å². The number of thioether (sulfide) groups is 1. The van der Waals surface area contributed by atoms with Crippen molar-refractivity contribution in [1.29, 1.82) is 0 Å². The molecule has 0 amide bonds. The van der Waals surface area contributed by atoms with E-state index in [4.69, 9.17) is 13.9 Å². The lowest BCUT2D eigenvalue weighted by Crippen LogP contribution is -2.52. The van der Waals surface area contributed by atoms with Crippen LogP contribution in [0.2, 0.25) is 0 Å². The molecule has 11 heteroatoms. The number of aryl methyl sites for hydroxylation is 1. The number of ether oxygens (including phenoxy) is 3. The number of benzene rings is 1. The number of aromatic hydroxyl groups is 1. The van der Waals surface area contributed by atoms with Crippen LogP contribution in [0.1, 0.15) is 24.5 Å². The second-order valence-electron chi connectivity index (χ2n) is 7.41. The van der Waals surface area contributed by atoms with E-state index in [9.17, 15) is 29.4 Å². The van der Waals surface area contributed by atoms with Crippen molar-refractivity contribution in [2.24, 2.45) is 0 Å². The molecular weight excluding hydrogens is 444 g/mol. The molecular formula is C21H22O10S. The average Bonchev–Trinajstić information content (AvgIpc) is 3.16. The van der Waals surface area contributed by atoms with Crippen LogP contribution in [-0.4, -0.2) is 59.3 Å². The van der Waals surface area contributed by atoms with E-state index >= 15 is 0 Å². The number of carbonyl (C=O) groups excluding carboxylic acids is 3. The molecule has 172 valence electrons. The minimum Gasteiger partial charge on any atom is -0.507 e. The summed E-state index contributed by atoms with van der Waals surface area (Å²) in [4.78, 5) is 49.1. The molecule has 0 spiro atoms. The van der Waals surface area contributed by atoms with Gasteiger partial charge in [-0.15, -0.1) is 0 Å². The molecule has 2 aromatic rings. The van der Waals surface area contributed by atoms with Crippen LogP contribution in [0.25, 0.3) is 11.0 Å². The summed E-state index contributed by atoms with van der Waals surface area (Å²) in [6.45, 7) is 2.79. The molecule has 3 rings (SSSR count). The predicted octanol–water partition coefficient (Wildman–Crippen LogP) is 1.22. The Morgan fingerprint density at radius 1 is 1.28 bits per heavy atom. The summed E-state index contributed by atoms with van der Waals surface area (Å²) in [5.74, 6) is -3.11. The fourth-order valence-electron chi connectivity index (χ4n) is 3.65. The van der Waals surface area contributed by atoms with Gasteiger partial charge < -0.3 is 28.8 Å². The van der Waals surface area contributed by atoms with Gasteiger partial charge in [0.05, 0.1) is 25.0 Å². The quantitative estimate of drug-likeness (QED) is 0.467. The zero-order valence-electron chi connectivity index (χ0n) is 17.8. The number of carbonyl (C=O) groups is 3. The van der Waals surface area contributed by atoms with Crippen molar-refractivity contribution >= 4 is 40.6 Å². The van der Waals surface area contributed by atoms with Crippen molar-refractivity contribution in [3.05, 3.63) is 33.5 Å². The Bertz CT molecular complexity index is 1150. The molecule has 0 bridgehead atoms. The number of fused-ring (bicyclic) bond motifs is 2. The van der Waals surface area contributed by atoms with Crippen molar-refractivity contribution in [2.45, 2.75) is 48.7 Å². The summed E-state index contributed by atoms with van der Waals surface area (Å²) in [6.07, 6.45) is -2.36. The van der Waals surface area contributed by atoms with Gasteiger partial charge >= 0.3 is 17.9 Å². The van der Waals surface area contributed by atoms with Crippen LogP contribution in [0.4, 0.5) is 0 Å². The van der Waals surface area contributed by atoms with E-state index in [0.717, 1.165) is 32.9 Å². The predicted molar refractivity (Wildman–Crippen MR) is 111 cm³/mol. The number of hydrogen-bond donors (Lipinski definition) is 2. The van der Waals surface area contributed by atoms with Gasteiger partial charge in [0, 0.05) is 13.3 Å². The number of aliphatic hydroxyl groups is 1. The van der Waals surface area contributed by atoms with Gasteiger partial charge in [0.15, 0.2) is 10.7 Å². The SMILES string of the molecule is COC(=O)[C@@H](C[C@@](O)(C(=O)OC)[C@@H]1Cc2c(oc3cc(C)cc(O)c3c2=O)S1)OC(C)=O. The van der Waals surface area contributed by atoms with E-state index < -0.39 is 46.7 Å². The van der Waals surface area contributed by atoms with Gasteiger partial charge in [-0.05, 0) is 31.0 Å². The zero-order valence-corrected chi connectivity index (χ0v) is 18.6. The first-order chi connectivity index (χ1) is 15.0. The first-order valence-electron chi connectivity index (χ1n) is 9.53. The largest absolute Gasteiger partial charge is 0.507 e. The molecule has 0 saturated heterocycles. The molecule has 0 saturated carbocycles. The summed E-state index contributed by atoms with van der Waals surface area (Å²) in [5, 5.41) is 20.7. The lowest BCUT2D eigenvalue weighted by atomic mass is 9.88. The number of phenols is 1.